The Morgan fingerprint density at radius 1 is 0.111 bits per heavy atom. The van der Waals surface area contributed by atoms with Crippen LogP contribution in [0, 0.1) is 0 Å². The van der Waals surface area contributed by atoms with Crippen LogP contribution in [0.5, 0.6) is 0 Å². The Morgan fingerprint density at radius 2 is 0.333 bits per heavy atom. The lowest BCUT2D eigenvalue weighted by molar-refractivity contribution is 0.675. The van der Waals surface area contributed by atoms with Gasteiger partial charge >= 0.3 is 0 Å². The van der Waals surface area contributed by atoms with E-state index in [0.29, 0.717) is 0 Å². The number of hydrogen-bond donors (Lipinski definition) is 0. The van der Waals surface area contributed by atoms with E-state index < -0.39 is 0 Å². The minimum absolute atomic E-state index is 0.00988. The third kappa shape index (κ3) is 7.30. The van der Waals surface area contributed by atoms with E-state index in [1.807, 2.05) is 0 Å². The molecule has 0 amide bonds. The van der Waals surface area contributed by atoms with Crippen molar-refractivity contribution in [1.29, 1.82) is 0 Å². The molecule has 1 heterocycles. The maximum atomic E-state index is 7.57. The first kappa shape index (κ1) is 58.0. The van der Waals surface area contributed by atoms with Gasteiger partial charge < -0.3 is 4.42 Å². The average molecular weight is 941 g/mol. The van der Waals surface area contributed by atoms with Gasteiger partial charge in [0.15, 0.2) is 0 Å². The molecule has 0 aliphatic rings. The predicted octanol–water partition coefficient (Wildman–Crippen LogP) is -21.8. The van der Waals surface area contributed by atoms with Crippen molar-refractivity contribution in [1.82, 2.24) is 0 Å². The van der Waals surface area contributed by atoms with Gasteiger partial charge in [0.1, 0.15) is 247 Å². The normalized spacial score (nSPS) is 12.0. The number of furan rings is 1. The first-order valence-electron chi connectivity index (χ1n) is 23.8. The molecule has 0 aliphatic heterocycles. The molecular weight excluding hydrogens is 941 g/mol. The third-order valence-electron chi connectivity index (χ3n) is 16.0. The molecule has 1 nitrogen and oxygen atoms in total. The van der Waals surface area contributed by atoms with Crippen molar-refractivity contribution in [2.75, 3.05) is 0 Å². The van der Waals surface area contributed by atoms with Crippen LogP contribution in [0.1, 0.15) is 0 Å². The minimum Gasteiger partial charge on any atom is -0.457 e. The Bertz CT molecular complexity index is 4850. The molecule has 1 aromatic heterocycles. The zero-order valence-electron chi connectivity index (χ0n) is 42.7. The molecule has 0 fully saturated rings. The SMILES string of the molecule is [B]c1c([B])c(-c2c3c([B])c([B])c([B])c([B])c3c(-c3c([B])c([B])c([B])c4oc5c([B])c6c([B])c([B])c([B])c([B])c6c([B])c5c34)c3c([B])c([B])c([B])c([B])c23)c([B])c(-c2c([B])c3c([B])c([B])c([B])c([B])c3c3c([B])c([B])c([B])c([B])c23)c1[B]. The first-order chi connectivity index (χ1) is 37.8. The van der Waals surface area contributed by atoms with Gasteiger partial charge in [-0.05, 0) is 92.7 Å². The summed E-state index contributed by atoms with van der Waals surface area (Å²) < 4.78 is 6.55. The van der Waals surface area contributed by atoms with Crippen molar-refractivity contribution in [3.63, 3.8) is 0 Å². The molecular formula is C50B30O. The van der Waals surface area contributed by atoms with Crippen LogP contribution in [-0.2, 0) is 0 Å². The lowest BCUT2D eigenvalue weighted by atomic mass is 9.55. The van der Waals surface area contributed by atoms with Crippen LogP contribution in [0.2, 0.25) is 0 Å². The van der Waals surface area contributed by atoms with E-state index >= 15 is 0 Å². The number of rotatable bonds is 3. The number of hydrogen-bond acceptors (Lipinski definition) is 1. The van der Waals surface area contributed by atoms with Crippen molar-refractivity contribution in [3.05, 3.63) is 0 Å². The molecule has 0 unspecified atom stereocenters. The first-order valence-corrected chi connectivity index (χ1v) is 23.8. The zero-order valence-corrected chi connectivity index (χ0v) is 42.7. The van der Waals surface area contributed by atoms with E-state index in [9.17, 15) is 0 Å². The highest BCUT2D eigenvalue weighted by Crippen LogP contribution is 2.43. The number of benzene rings is 10. The van der Waals surface area contributed by atoms with E-state index in [2.05, 4.69) is 0 Å². The van der Waals surface area contributed by atoms with Crippen molar-refractivity contribution >= 4 is 475 Å². The maximum Gasteiger partial charge on any atom is 0.128 e. The summed E-state index contributed by atoms with van der Waals surface area (Å²) in [7, 11) is 206. The molecule has 0 aliphatic carbocycles. The average Bonchev–Trinajstić information content (AvgIpc) is 3.34. The molecule has 81 heavy (non-hydrogen) atoms. The van der Waals surface area contributed by atoms with Gasteiger partial charge in [0.2, 0.25) is 0 Å². The fraction of sp³-hybridized carbons (Fsp3) is 0. The Kier molecular flexibility index (Phi) is 13.9. The van der Waals surface area contributed by atoms with Gasteiger partial charge in [-0.25, -0.2) is 0 Å². The summed E-state index contributed by atoms with van der Waals surface area (Å²) in [5.74, 6) is 0. The van der Waals surface area contributed by atoms with Gasteiger partial charge in [-0.3, -0.25) is 0 Å². The lowest BCUT2D eigenvalue weighted by Crippen LogP contribution is -2.52. The zero-order chi connectivity index (χ0) is 59.6. The molecule has 0 saturated carbocycles. The van der Waals surface area contributed by atoms with Gasteiger partial charge in [0, 0.05) is 10.8 Å². The standard InChI is InChI=1S/C50B30O/c51-19-10(8-9(28(60)42(74)41(73)27(8)59)11-15(19)32(64)44(76)43(75)29(11)61)14-20(52)13(30(62)36(68)31(14)63)2-5-3(22(54)37(69)39(71)24(5)56)1(4-6(2)25(57)40(72)38(70)23(4)55)7-12-18-21(53)16-17(34(66)46(78)45(77)33(16)65)35(67)50(18)81-49(12)48(80)47(79)26(7)58. The molecule has 0 spiro atoms. The Balaban J connectivity index is 1.45. The highest BCUT2D eigenvalue weighted by molar-refractivity contribution is 6.79. The molecule has 31 heteroatoms. The van der Waals surface area contributed by atoms with E-state index in [1.165, 1.54) is 0 Å². The summed E-state index contributed by atoms with van der Waals surface area (Å²) in [6, 6.07) is 0. The fourth-order valence-corrected chi connectivity index (χ4v) is 11.8. The molecule has 0 saturated heterocycles. The predicted molar refractivity (Wildman–Crippen MR) is 379 cm³/mol. The number of fused-ring (bicyclic) bond motifs is 9. The van der Waals surface area contributed by atoms with Crippen LogP contribution in [0.25, 0.3) is 109 Å². The van der Waals surface area contributed by atoms with Crippen LogP contribution >= 0.6 is 0 Å². The second-order valence-corrected chi connectivity index (χ2v) is 19.9. The van der Waals surface area contributed by atoms with Gasteiger partial charge in [0.25, 0.3) is 0 Å². The molecule has 296 valence electrons. The Labute approximate surface area is 509 Å². The summed E-state index contributed by atoms with van der Waals surface area (Å²) >= 11 is 0. The van der Waals surface area contributed by atoms with Crippen LogP contribution in [-0.4, -0.2) is 235 Å². The summed E-state index contributed by atoms with van der Waals surface area (Å²) in [5.41, 5.74) is -6.22. The van der Waals surface area contributed by atoms with E-state index in [0.717, 1.165) is 0 Å². The highest BCUT2D eigenvalue weighted by atomic mass is 16.3. The Hall–Kier alpha value is -4.75. The van der Waals surface area contributed by atoms with E-state index in [4.69, 9.17) is 240 Å². The molecule has 60 radical (unpaired) electrons. The topological polar surface area (TPSA) is 13.1 Å². The molecule has 11 rings (SSSR count). The minimum atomic E-state index is -0.307. The second kappa shape index (κ2) is 19.4. The quantitative estimate of drug-likeness (QED) is 0.0977. The van der Waals surface area contributed by atoms with Gasteiger partial charge in [-0.2, -0.15) is 0 Å². The maximum absolute atomic E-state index is 7.57. The van der Waals surface area contributed by atoms with Gasteiger partial charge in [-0.1, -0.05) is 92.9 Å². The summed E-state index contributed by atoms with van der Waals surface area (Å²) in [6.45, 7) is 0. The van der Waals surface area contributed by atoms with Crippen molar-refractivity contribution in [3.8, 4) is 33.4 Å². The second-order valence-electron chi connectivity index (χ2n) is 19.9. The Morgan fingerprint density at radius 3 is 0.716 bits per heavy atom. The lowest BCUT2D eigenvalue weighted by Gasteiger charge is -2.33. The van der Waals surface area contributed by atoms with Crippen molar-refractivity contribution in [2.45, 2.75) is 0 Å². The summed E-state index contributed by atoms with van der Waals surface area (Å²) in [4.78, 5) is 0. The monoisotopic (exact) mass is 946 g/mol. The van der Waals surface area contributed by atoms with Crippen LogP contribution in [0.4, 0.5) is 0 Å². The molecule has 11 aromatic rings. The van der Waals surface area contributed by atoms with Gasteiger partial charge in [0.05, 0.1) is 0 Å². The molecule has 0 N–H and O–H groups in total. The fourth-order valence-electron chi connectivity index (χ4n) is 11.8. The third-order valence-corrected chi connectivity index (χ3v) is 16.0. The molecule has 10 aromatic carbocycles. The van der Waals surface area contributed by atoms with E-state index in [1.54, 1.807) is 0 Å². The van der Waals surface area contributed by atoms with Crippen molar-refractivity contribution < 1.29 is 4.42 Å². The molecule has 0 bridgehead atoms. The van der Waals surface area contributed by atoms with Gasteiger partial charge in [-0.15, -0.1) is 65.6 Å². The van der Waals surface area contributed by atoms with Crippen molar-refractivity contribution in [2.24, 2.45) is 0 Å². The molecule has 0 atom stereocenters. The van der Waals surface area contributed by atoms with E-state index in [-0.39, 0.29) is 273 Å². The van der Waals surface area contributed by atoms with Crippen LogP contribution < -0.4 is 164 Å². The van der Waals surface area contributed by atoms with Crippen LogP contribution in [0.15, 0.2) is 4.42 Å². The smallest absolute Gasteiger partial charge is 0.128 e. The summed E-state index contributed by atoms with van der Waals surface area (Å²) in [5, 5.41) is 0.210. The largest absolute Gasteiger partial charge is 0.457 e. The highest BCUT2D eigenvalue weighted by Gasteiger charge is 2.33. The van der Waals surface area contributed by atoms with Crippen LogP contribution in [0.3, 0.4) is 0 Å². The summed E-state index contributed by atoms with van der Waals surface area (Å²) in [6.07, 6.45) is 0.